The van der Waals surface area contributed by atoms with Crippen LogP contribution in [0.4, 0.5) is 0 Å². The molecule has 0 spiro atoms. The van der Waals surface area contributed by atoms with Gasteiger partial charge in [-0.15, -0.1) is 0 Å². The second kappa shape index (κ2) is 4.97. The van der Waals surface area contributed by atoms with Crippen LogP contribution in [0, 0.1) is 0 Å². The van der Waals surface area contributed by atoms with E-state index in [1.165, 1.54) is 0 Å². The first-order valence-electron chi connectivity index (χ1n) is 6.43. The van der Waals surface area contributed by atoms with Gasteiger partial charge in [-0.2, -0.15) is 0 Å². The van der Waals surface area contributed by atoms with Crippen molar-refractivity contribution in [2.24, 2.45) is 0 Å². The summed E-state index contributed by atoms with van der Waals surface area (Å²) in [6, 6.07) is 14.8. The topological polar surface area (TPSA) is 44.8 Å². The molecule has 0 atom stereocenters. The lowest BCUT2D eigenvalue weighted by molar-refractivity contribution is 0.168. The van der Waals surface area contributed by atoms with E-state index in [9.17, 15) is 4.57 Å². The molecule has 3 rings (SSSR count). The summed E-state index contributed by atoms with van der Waals surface area (Å²) in [5.74, 6) is 1.00. The summed E-state index contributed by atoms with van der Waals surface area (Å²) in [6.07, 6.45) is -0.266. The lowest BCUT2D eigenvalue weighted by Gasteiger charge is -2.18. The molecule has 4 nitrogen and oxygen atoms in total. The van der Waals surface area contributed by atoms with E-state index in [4.69, 9.17) is 13.6 Å². The Balaban J connectivity index is 2.17. The number of para-hydroxylation sites is 2. The van der Waals surface area contributed by atoms with Gasteiger partial charge < -0.3 is 9.05 Å². The minimum absolute atomic E-state index is 0.266. The Hall–Kier alpha value is -1.77. The molecule has 0 fully saturated rings. The van der Waals surface area contributed by atoms with Crippen LogP contribution in [-0.2, 0) is 9.09 Å². The lowest BCUT2D eigenvalue weighted by atomic mass is 10.0. The third-order valence-corrected chi connectivity index (χ3v) is 4.34. The average Bonchev–Trinajstić information content (AvgIpc) is 2.50. The Morgan fingerprint density at radius 3 is 1.80 bits per heavy atom. The molecule has 5 heteroatoms. The van der Waals surface area contributed by atoms with Gasteiger partial charge in [-0.1, -0.05) is 36.4 Å². The number of fused-ring (bicyclic) bond motifs is 3. The van der Waals surface area contributed by atoms with E-state index >= 15 is 0 Å². The summed E-state index contributed by atoms with van der Waals surface area (Å²) in [7, 11) is -3.68. The van der Waals surface area contributed by atoms with Crippen molar-refractivity contribution in [3.05, 3.63) is 48.5 Å². The minimum Gasteiger partial charge on any atom is -0.394 e. The minimum atomic E-state index is -3.68. The van der Waals surface area contributed by atoms with Gasteiger partial charge in [0.15, 0.2) is 0 Å². The Kier molecular flexibility index (Phi) is 3.28. The fourth-order valence-electron chi connectivity index (χ4n) is 2.10. The van der Waals surface area contributed by atoms with E-state index in [2.05, 4.69) is 0 Å². The van der Waals surface area contributed by atoms with Crippen LogP contribution >= 0.6 is 7.82 Å². The lowest BCUT2D eigenvalue weighted by Crippen LogP contribution is -2.09. The van der Waals surface area contributed by atoms with Crippen molar-refractivity contribution in [2.45, 2.75) is 20.0 Å². The molecule has 0 aromatic heterocycles. The van der Waals surface area contributed by atoms with Crippen LogP contribution in [0.1, 0.15) is 13.8 Å². The van der Waals surface area contributed by atoms with Crippen LogP contribution in [0.3, 0.4) is 0 Å². The first kappa shape index (κ1) is 13.2. The highest BCUT2D eigenvalue weighted by molar-refractivity contribution is 7.49. The molecule has 0 radical (unpaired) electrons. The number of benzene rings is 2. The molecule has 0 unspecified atom stereocenters. The molecule has 1 aliphatic rings. The number of hydrogen-bond donors (Lipinski definition) is 0. The van der Waals surface area contributed by atoms with Gasteiger partial charge in [-0.05, 0) is 26.0 Å². The van der Waals surface area contributed by atoms with Gasteiger partial charge in [-0.25, -0.2) is 4.57 Å². The normalized spacial score (nSPS) is 15.6. The summed E-state index contributed by atoms with van der Waals surface area (Å²) in [5.41, 5.74) is 1.68. The van der Waals surface area contributed by atoms with Crippen LogP contribution in [0.15, 0.2) is 48.5 Å². The van der Waals surface area contributed by atoms with Crippen molar-refractivity contribution in [2.75, 3.05) is 0 Å². The highest BCUT2D eigenvalue weighted by atomic mass is 31.2. The van der Waals surface area contributed by atoms with Crippen molar-refractivity contribution < 1.29 is 18.1 Å². The largest absolute Gasteiger partial charge is 0.587 e. The molecule has 0 saturated carbocycles. The Labute approximate surface area is 117 Å². The molecule has 0 amide bonds. The molecule has 2 aromatic carbocycles. The zero-order valence-corrected chi connectivity index (χ0v) is 12.2. The SMILES string of the molecule is CC(C)OP1(=O)Oc2ccccc2-c2ccccc2O1. The summed E-state index contributed by atoms with van der Waals surface area (Å²) in [6.45, 7) is 3.57. The van der Waals surface area contributed by atoms with Crippen molar-refractivity contribution >= 4 is 7.82 Å². The molecule has 20 heavy (non-hydrogen) atoms. The average molecular weight is 290 g/mol. The van der Waals surface area contributed by atoms with Crippen LogP contribution in [-0.4, -0.2) is 6.10 Å². The fraction of sp³-hybridized carbons (Fsp3) is 0.200. The van der Waals surface area contributed by atoms with Crippen LogP contribution < -0.4 is 9.05 Å². The van der Waals surface area contributed by atoms with E-state index in [-0.39, 0.29) is 6.10 Å². The van der Waals surface area contributed by atoms with Gasteiger partial charge in [0, 0.05) is 11.1 Å². The first-order valence-corrected chi connectivity index (χ1v) is 7.89. The molecular weight excluding hydrogens is 275 g/mol. The Morgan fingerprint density at radius 1 is 0.900 bits per heavy atom. The smallest absolute Gasteiger partial charge is 0.394 e. The van der Waals surface area contributed by atoms with E-state index in [1.54, 1.807) is 26.0 Å². The highest BCUT2D eigenvalue weighted by Crippen LogP contribution is 2.56. The second-order valence-corrected chi connectivity index (χ2v) is 6.25. The monoisotopic (exact) mass is 290 g/mol. The predicted octanol–water partition coefficient (Wildman–Crippen LogP) is 4.66. The van der Waals surface area contributed by atoms with Gasteiger partial charge in [0.25, 0.3) is 0 Å². The molecule has 0 aliphatic carbocycles. The molecule has 0 bridgehead atoms. The number of hydrogen-bond acceptors (Lipinski definition) is 4. The van der Waals surface area contributed by atoms with E-state index in [0.717, 1.165) is 11.1 Å². The fourth-order valence-corrected chi connectivity index (χ4v) is 3.54. The van der Waals surface area contributed by atoms with E-state index in [0.29, 0.717) is 11.5 Å². The maximum atomic E-state index is 12.7. The van der Waals surface area contributed by atoms with Gasteiger partial charge in [0.2, 0.25) is 0 Å². The van der Waals surface area contributed by atoms with Crippen LogP contribution in [0.2, 0.25) is 0 Å². The van der Waals surface area contributed by atoms with E-state index < -0.39 is 7.82 Å². The standard InChI is InChI=1S/C15H15O4P/c1-11(2)17-20(16)18-14-9-5-3-7-12(14)13-8-4-6-10-15(13)19-20/h3-11H,1-2H3. The second-order valence-electron chi connectivity index (χ2n) is 4.78. The summed E-state index contributed by atoms with van der Waals surface area (Å²) in [5, 5.41) is 0. The number of phosphoric acid groups is 1. The maximum Gasteiger partial charge on any atom is 0.587 e. The Morgan fingerprint density at radius 2 is 1.35 bits per heavy atom. The molecule has 0 saturated heterocycles. The van der Waals surface area contributed by atoms with Crippen molar-refractivity contribution in [3.8, 4) is 22.6 Å². The Bertz CT molecular complexity index is 630. The molecule has 2 aromatic rings. The highest BCUT2D eigenvalue weighted by Gasteiger charge is 2.36. The number of rotatable bonds is 2. The summed E-state index contributed by atoms with van der Waals surface area (Å²) in [4.78, 5) is 0. The zero-order valence-electron chi connectivity index (χ0n) is 11.3. The quantitative estimate of drug-likeness (QED) is 0.755. The zero-order chi connectivity index (χ0) is 14.2. The van der Waals surface area contributed by atoms with Crippen LogP contribution in [0.5, 0.6) is 11.5 Å². The molecule has 0 N–H and O–H groups in total. The molecule has 104 valence electrons. The van der Waals surface area contributed by atoms with Gasteiger partial charge >= 0.3 is 7.82 Å². The third-order valence-electron chi connectivity index (χ3n) is 2.82. The third kappa shape index (κ3) is 2.45. The summed E-state index contributed by atoms with van der Waals surface area (Å²) >= 11 is 0. The van der Waals surface area contributed by atoms with Crippen molar-refractivity contribution in [1.82, 2.24) is 0 Å². The molecule has 1 heterocycles. The van der Waals surface area contributed by atoms with Crippen molar-refractivity contribution in [1.29, 1.82) is 0 Å². The van der Waals surface area contributed by atoms with Crippen molar-refractivity contribution in [3.63, 3.8) is 0 Å². The maximum absolute atomic E-state index is 12.7. The summed E-state index contributed by atoms with van der Waals surface area (Å²) < 4.78 is 29.2. The van der Waals surface area contributed by atoms with E-state index in [1.807, 2.05) is 36.4 Å². The molecular formula is C15H15O4P. The first-order chi connectivity index (χ1) is 9.57. The van der Waals surface area contributed by atoms with Gasteiger partial charge in [-0.3, -0.25) is 4.52 Å². The van der Waals surface area contributed by atoms with Gasteiger partial charge in [0.1, 0.15) is 11.5 Å². The van der Waals surface area contributed by atoms with Crippen LogP contribution in [0.25, 0.3) is 11.1 Å². The molecule has 1 aliphatic heterocycles. The predicted molar refractivity (Wildman–Crippen MR) is 77.0 cm³/mol. The van der Waals surface area contributed by atoms with Gasteiger partial charge in [0.05, 0.1) is 6.10 Å². The number of phosphoric ester groups is 1.